The molecule has 10 heteroatoms. The average molecular weight is 458 g/mol. The molecule has 0 aliphatic carbocycles. The third-order valence-electron chi connectivity index (χ3n) is 4.13. The number of nitrogens with one attached hydrogen (secondary N) is 1. The summed E-state index contributed by atoms with van der Waals surface area (Å²) in [6, 6.07) is 14.0. The highest BCUT2D eigenvalue weighted by atomic mass is 35.5. The van der Waals surface area contributed by atoms with Crippen LogP contribution in [0.15, 0.2) is 62.6 Å². The molecule has 2 heterocycles. The van der Waals surface area contributed by atoms with Crippen molar-refractivity contribution in [3.05, 3.63) is 65.2 Å². The van der Waals surface area contributed by atoms with E-state index in [0.717, 1.165) is 11.8 Å². The van der Waals surface area contributed by atoms with Gasteiger partial charge in [-0.05, 0) is 36.4 Å². The molecule has 0 aliphatic rings. The van der Waals surface area contributed by atoms with Crippen molar-refractivity contribution in [1.82, 2.24) is 10.2 Å². The van der Waals surface area contributed by atoms with E-state index in [1.54, 1.807) is 48.5 Å². The Labute approximate surface area is 185 Å². The first-order chi connectivity index (χ1) is 15.0. The second kappa shape index (κ2) is 9.23. The number of para-hydroxylation sites is 1. The number of ether oxygens (including phenoxy) is 1. The molecular formula is C21H16ClN3O5S. The highest BCUT2D eigenvalue weighted by Crippen LogP contribution is 2.31. The molecule has 0 bridgehead atoms. The predicted octanol–water partition coefficient (Wildman–Crippen LogP) is 4.98. The Bertz CT molecular complexity index is 1240. The van der Waals surface area contributed by atoms with E-state index in [4.69, 9.17) is 25.2 Å². The van der Waals surface area contributed by atoms with Crippen molar-refractivity contribution in [1.29, 1.82) is 0 Å². The van der Waals surface area contributed by atoms with Crippen LogP contribution in [-0.4, -0.2) is 27.6 Å². The van der Waals surface area contributed by atoms with Crippen LogP contribution in [0.1, 0.15) is 23.4 Å². The minimum absolute atomic E-state index is 0.0104. The number of rotatable bonds is 8. The molecule has 0 spiro atoms. The molecule has 0 saturated heterocycles. The summed E-state index contributed by atoms with van der Waals surface area (Å²) in [6.45, 7) is 1.47. The maximum Gasteiger partial charge on any atom is 0.277 e. The maximum absolute atomic E-state index is 12.4. The van der Waals surface area contributed by atoms with Gasteiger partial charge in [0.15, 0.2) is 18.2 Å². The molecule has 0 radical (unpaired) electrons. The summed E-state index contributed by atoms with van der Waals surface area (Å²) in [5.74, 6) is 0.398. The van der Waals surface area contributed by atoms with Crippen LogP contribution >= 0.6 is 23.4 Å². The van der Waals surface area contributed by atoms with Gasteiger partial charge in [0.2, 0.25) is 5.91 Å². The number of fused-ring (bicyclic) bond motifs is 1. The third-order valence-corrected chi connectivity index (χ3v) is 5.20. The van der Waals surface area contributed by atoms with Crippen molar-refractivity contribution in [2.75, 3.05) is 11.1 Å². The van der Waals surface area contributed by atoms with Gasteiger partial charge in [-0.15, -0.1) is 10.2 Å². The minimum Gasteiger partial charge on any atom is -0.484 e. The van der Waals surface area contributed by atoms with E-state index in [1.165, 1.54) is 6.92 Å². The number of furan rings is 1. The van der Waals surface area contributed by atoms with Crippen LogP contribution in [0.25, 0.3) is 11.0 Å². The van der Waals surface area contributed by atoms with Crippen LogP contribution < -0.4 is 10.1 Å². The summed E-state index contributed by atoms with van der Waals surface area (Å²) >= 11 is 6.91. The number of ketones is 1. The number of hydrogen-bond donors (Lipinski definition) is 1. The lowest BCUT2D eigenvalue weighted by atomic mass is 10.2. The lowest BCUT2D eigenvalue weighted by Gasteiger charge is -2.04. The first-order valence-electron chi connectivity index (χ1n) is 9.15. The second-order valence-corrected chi connectivity index (χ2v) is 7.76. The summed E-state index contributed by atoms with van der Waals surface area (Å²) in [6.07, 6.45) is 0. The number of halogens is 1. The van der Waals surface area contributed by atoms with Crippen molar-refractivity contribution >= 4 is 51.7 Å². The molecule has 1 amide bonds. The molecule has 0 aliphatic heterocycles. The van der Waals surface area contributed by atoms with Gasteiger partial charge in [-0.1, -0.05) is 35.5 Å². The Morgan fingerprint density at radius 3 is 2.65 bits per heavy atom. The first-order valence-corrected chi connectivity index (χ1v) is 10.5. The summed E-state index contributed by atoms with van der Waals surface area (Å²) in [5, 5.41) is 12.0. The fourth-order valence-electron chi connectivity index (χ4n) is 2.75. The van der Waals surface area contributed by atoms with Crippen LogP contribution in [0, 0.1) is 0 Å². The monoisotopic (exact) mass is 457 g/mol. The zero-order valence-corrected chi connectivity index (χ0v) is 17.8. The molecule has 158 valence electrons. The standard InChI is InChI=1S/C21H16ClN3O5S/c1-12(26)20-19(15-4-2-3-5-16(15)29-20)23-17(27)11-31-21-25-24-18(30-21)10-28-14-8-6-13(22)7-9-14/h2-9H,10-11H2,1H3,(H,23,27). The molecule has 4 rings (SSSR count). The molecule has 2 aromatic carbocycles. The SMILES string of the molecule is CC(=O)c1oc2ccccc2c1NC(=O)CSc1nnc(COc2ccc(Cl)cc2)o1. The van der Waals surface area contributed by atoms with E-state index in [2.05, 4.69) is 15.5 Å². The van der Waals surface area contributed by atoms with Crippen molar-refractivity contribution < 1.29 is 23.2 Å². The Balaban J connectivity index is 1.34. The van der Waals surface area contributed by atoms with Gasteiger partial charge in [-0.3, -0.25) is 9.59 Å². The van der Waals surface area contributed by atoms with E-state index in [0.29, 0.717) is 27.4 Å². The molecule has 2 aromatic heterocycles. The molecule has 0 fully saturated rings. The van der Waals surface area contributed by atoms with Crippen molar-refractivity contribution in [2.45, 2.75) is 18.8 Å². The number of nitrogens with zero attached hydrogens (tertiary/aromatic N) is 2. The Hall–Kier alpha value is -3.30. The number of aromatic nitrogens is 2. The van der Waals surface area contributed by atoms with E-state index >= 15 is 0 Å². The van der Waals surface area contributed by atoms with Gasteiger partial charge in [0.25, 0.3) is 11.1 Å². The van der Waals surface area contributed by atoms with Crippen molar-refractivity contribution in [3.63, 3.8) is 0 Å². The highest BCUT2D eigenvalue weighted by molar-refractivity contribution is 7.99. The summed E-state index contributed by atoms with van der Waals surface area (Å²) in [7, 11) is 0. The van der Waals surface area contributed by atoms with Gasteiger partial charge in [0, 0.05) is 17.3 Å². The number of carbonyl (C=O) groups is 2. The molecule has 31 heavy (non-hydrogen) atoms. The molecule has 8 nitrogen and oxygen atoms in total. The highest BCUT2D eigenvalue weighted by Gasteiger charge is 2.20. The number of Topliss-reactive ketones (excluding diaryl/α,β-unsaturated/α-hetero) is 1. The maximum atomic E-state index is 12.4. The van der Waals surface area contributed by atoms with Gasteiger partial charge in [0.05, 0.1) is 11.4 Å². The Morgan fingerprint density at radius 1 is 1.10 bits per heavy atom. The van der Waals surface area contributed by atoms with E-state index in [9.17, 15) is 9.59 Å². The fraction of sp³-hybridized carbons (Fsp3) is 0.143. The second-order valence-electron chi connectivity index (χ2n) is 6.40. The number of hydrogen-bond acceptors (Lipinski definition) is 8. The van der Waals surface area contributed by atoms with Crippen molar-refractivity contribution in [2.24, 2.45) is 0 Å². The van der Waals surface area contributed by atoms with E-state index < -0.39 is 0 Å². The van der Waals surface area contributed by atoms with Gasteiger partial charge >= 0.3 is 0 Å². The lowest BCUT2D eigenvalue weighted by molar-refractivity contribution is -0.113. The van der Waals surface area contributed by atoms with Crippen LogP contribution in [0.4, 0.5) is 5.69 Å². The van der Waals surface area contributed by atoms with Crippen LogP contribution in [-0.2, 0) is 11.4 Å². The quantitative estimate of drug-likeness (QED) is 0.291. The van der Waals surface area contributed by atoms with Gasteiger partial charge in [0.1, 0.15) is 11.3 Å². The Kier molecular flexibility index (Phi) is 6.24. The third kappa shape index (κ3) is 5.07. The van der Waals surface area contributed by atoms with Crippen LogP contribution in [0.2, 0.25) is 5.02 Å². The predicted molar refractivity (Wildman–Crippen MR) is 116 cm³/mol. The molecule has 1 N–H and O–H groups in total. The number of benzene rings is 2. The molecular weight excluding hydrogens is 442 g/mol. The minimum atomic E-state index is -0.337. The fourth-order valence-corrected chi connectivity index (χ4v) is 3.46. The zero-order valence-electron chi connectivity index (χ0n) is 16.3. The number of thioether (sulfide) groups is 1. The Morgan fingerprint density at radius 2 is 1.87 bits per heavy atom. The lowest BCUT2D eigenvalue weighted by Crippen LogP contribution is -2.15. The first kappa shape index (κ1) is 21.0. The average Bonchev–Trinajstić information content (AvgIpc) is 3.37. The smallest absolute Gasteiger partial charge is 0.277 e. The van der Waals surface area contributed by atoms with Gasteiger partial charge < -0.3 is 18.9 Å². The molecule has 0 saturated carbocycles. The topological polar surface area (TPSA) is 107 Å². The number of anilines is 1. The summed E-state index contributed by atoms with van der Waals surface area (Å²) < 4.78 is 16.6. The van der Waals surface area contributed by atoms with Crippen LogP contribution in [0.3, 0.4) is 0 Å². The molecule has 0 atom stereocenters. The normalized spacial score (nSPS) is 10.9. The molecule has 4 aromatic rings. The largest absolute Gasteiger partial charge is 0.484 e. The van der Waals surface area contributed by atoms with E-state index in [-0.39, 0.29) is 40.9 Å². The zero-order chi connectivity index (χ0) is 21.8. The van der Waals surface area contributed by atoms with Crippen molar-refractivity contribution in [3.8, 4) is 5.75 Å². The summed E-state index contributed by atoms with van der Waals surface area (Å²) in [4.78, 5) is 24.3. The number of carbonyl (C=O) groups excluding carboxylic acids is 2. The van der Waals surface area contributed by atoms with Crippen LogP contribution in [0.5, 0.6) is 5.75 Å². The van der Waals surface area contributed by atoms with Gasteiger partial charge in [-0.25, -0.2) is 0 Å². The van der Waals surface area contributed by atoms with Gasteiger partial charge in [-0.2, -0.15) is 0 Å². The number of amides is 1. The van der Waals surface area contributed by atoms with E-state index in [1.807, 2.05) is 0 Å². The molecule has 0 unspecified atom stereocenters. The summed E-state index contributed by atoms with van der Waals surface area (Å²) in [5.41, 5.74) is 0.883.